The Morgan fingerprint density at radius 1 is 1.04 bits per heavy atom. The van der Waals surface area contributed by atoms with E-state index in [1.807, 2.05) is 55.1 Å². The van der Waals surface area contributed by atoms with Crippen molar-refractivity contribution >= 4 is 5.84 Å². The molecule has 0 aliphatic heterocycles. The average Bonchev–Trinajstić information content (AvgIpc) is 2.66. The molecule has 2 rings (SSSR count). The van der Waals surface area contributed by atoms with Gasteiger partial charge in [-0.2, -0.15) is 0 Å². The Hall–Kier alpha value is -2.63. The Morgan fingerprint density at radius 3 is 1.96 bits per heavy atom. The van der Waals surface area contributed by atoms with E-state index >= 15 is 0 Å². The van der Waals surface area contributed by atoms with E-state index in [0.717, 1.165) is 11.1 Å². The molecule has 144 valence electrons. The molecule has 0 unspecified atom stereocenters. The topological polar surface area (TPSA) is 68.6 Å². The zero-order chi connectivity index (χ0) is 19.7. The monoisotopic (exact) mass is 367 g/mol. The molecule has 0 fully saturated rings. The number of aliphatic hydroxyl groups excluding tert-OH is 1. The summed E-state index contributed by atoms with van der Waals surface area (Å²) in [5, 5.41) is 20.8. The summed E-state index contributed by atoms with van der Waals surface area (Å²) in [6.45, 7) is 9.10. The first-order valence-corrected chi connectivity index (χ1v) is 9.05. The van der Waals surface area contributed by atoms with Gasteiger partial charge >= 0.3 is 0 Å². The van der Waals surface area contributed by atoms with Gasteiger partial charge in [0.1, 0.15) is 11.6 Å². The molecular formula is C22H29N3O2. The van der Waals surface area contributed by atoms with Gasteiger partial charge in [-0.3, -0.25) is 5.41 Å². The number of rotatable bonds is 10. The lowest BCUT2D eigenvalue weighted by Gasteiger charge is -2.32. The summed E-state index contributed by atoms with van der Waals surface area (Å²) in [5.74, 6) is 0.309. The number of hydrogen-bond donors (Lipinski definition) is 3. The van der Waals surface area contributed by atoms with Crippen molar-refractivity contribution in [3.8, 4) is 0 Å². The van der Waals surface area contributed by atoms with Gasteiger partial charge in [-0.05, 0) is 25.0 Å². The van der Waals surface area contributed by atoms with Gasteiger partial charge in [0.2, 0.25) is 0 Å². The molecule has 3 N–H and O–H groups in total. The fraction of sp³-hybridized carbons (Fsp3) is 0.318. The van der Waals surface area contributed by atoms with Crippen molar-refractivity contribution < 1.29 is 9.84 Å². The van der Waals surface area contributed by atoms with Crippen molar-refractivity contribution in [2.45, 2.75) is 32.7 Å². The maximum atomic E-state index is 8.96. The zero-order valence-electron chi connectivity index (χ0n) is 16.1. The van der Waals surface area contributed by atoms with Gasteiger partial charge in [-0.1, -0.05) is 67.2 Å². The lowest BCUT2D eigenvalue weighted by Crippen LogP contribution is -2.46. The minimum Gasteiger partial charge on any atom is -0.394 e. The van der Waals surface area contributed by atoms with E-state index in [-0.39, 0.29) is 13.2 Å². The molecular weight excluding hydrogens is 338 g/mol. The highest BCUT2D eigenvalue weighted by atomic mass is 16.5. The average molecular weight is 367 g/mol. The van der Waals surface area contributed by atoms with Crippen LogP contribution in [0.2, 0.25) is 0 Å². The van der Waals surface area contributed by atoms with E-state index < -0.39 is 5.72 Å². The van der Waals surface area contributed by atoms with Crippen LogP contribution in [0.4, 0.5) is 0 Å². The van der Waals surface area contributed by atoms with E-state index in [4.69, 9.17) is 15.3 Å². The second-order valence-corrected chi connectivity index (χ2v) is 6.86. The van der Waals surface area contributed by atoms with Gasteiger partial charge < -0.3 is 20.1 Å². The summed E-state index contributed by atoms with van der Waals surface area (Å²) in [7, 11) is 0. The highest BCUT2D eigenvalue weighted by molar-refractivity contribution is 5.94. The molecule has 0 spiro atoms. The molecule has 0 aliphatic rings. The summed E-state index contributed by atoms with van der Waals surface area (Å²) in [5.41, 5.74) is 2.01. The fourth-order valence-corrected chi connectivity index (χ4v) is 2.77. The van der Waals surface area contributed by atoms with Gasteiger partial charge in [0, 0.05) is 13.1 Å². The molecule has 0 aromatic heterocycles. The number of ether oxygens (including phenoxy) is 1. The number of hydrogen-bond acceptors (Lipinski definition) is 4. The molecule has 0 heterocycles. The van der Waals surface area contributed by atoms with Crippen LogP contribution in [0, 0.1) is 5.41 Å². The van der Waals surface area contributed by atoms with Gasteiger partial charge in [0.15, 0.2) is 0 Å². The Morgan fingerprint density at radius 2 is 1.52 bits per heavy atom. The molecule has 0 saturated heterocycles. The molecule has 0 atom stereocenters. The van der Waals surface area contributed by atoms with Crippen molar-refractivity contribution in [1.82, 2.24) is 10.2 Å². The molecule has 27 heavy (non-hydrogen) atoms. The molecule has 0 bridgehead atoms. The predicted molar refractivity (Wildman–Crippen MR) is 109 cm³/mol. The maximum Gasteiger partial charge on any atom is 0.144 e. The number of benzene rings is 2. The van der Waals surface area contributed by atoms with E-state index in [1.165, 1.54) is 0 Å². The standard InChI is InChI=1S/C22H29N3O2/c1-18(24-22(2,3)27-15-14-26)21(23)25(16-19-10-6-4-7-11-19)17-20-12-8-5-9-13-20/h4-13,23-24,26H,1,14-17H2,2-3H3. The Balaban J connectivity index is 2.13. The molecule has 5 nitrogen and oxygen atoms in total. The van der Waals surface area contributed by atoms with Gasteiger partial charge in [0.05, 0.1) is 18.9 Å². The number of nitrogens with zero attached hydrogens (tertiary/aromatic N) is 1. The minimum atomic E-state index is -0.725. The van der Waals surface area contributed by atoms with Crippen LogP contribution in [-0.2, 0) is 17.8 Å². The first-order chi connectivity index (χ1) is 12.9. The third-order valence-electron chi connectivity index (χ3n) is 4.04. The minimum absolute atomic E-state index is 0.0524. The van der Waals surface area contributed by atoms with Crippen molar-refractivity contribution in [1.29, 1.82) is 5.41 Å². The summed E-state index contributed by atoms with van der Waals surface area (Å²) in [6.07, 6.45) is 0. The highest BCUT2D eigenvalue weighted by Crippen LogP contribution is 2.15. The van der Waals surface area contributed by atoms with E-state index in [2.05, 4.69) is 36.2 Å². The largest absolute Gasteiger partial charge is 0.394 e. The number of aliphatic hydroxyl groups is 1. The Bertz CT molecular complexity index is 688. The zero-order valence-corrected chi connectivity index (χ0v) is 16.1. The summed E-state index contributed by atoms with van der Waals surface area (Å²) in [4.78, 5) is 1.97. The van der Waals surface area contributed by atoms with Crippen LogP contribution in [0.5, 0.6) is 0 Å². The van der Waals surface area contributed by atoms with Crippen LogP contribution in [0.1, 0.15) is 25.0 Å². The van der Waals surface area contributed by atoms with Crippen LogP contribution in [-0.4, -0.2) is 34.8 Å². The van der Waals surface area contributed by atoms with Crippen LogP contribution in [0.15, 0.2) is 72.9 Å². The van der Waals surface area contributed by atoms with E-state index in [0.29, 0.717) is 24.6 Å². The summed E-state index contributed by atoms with van der Waals surface area (Å²) < 4.78 is 5.58. The normalized spacial score (nSPS) is 11.1. The second kappa shape index (κ2) is 9.90. The lowest BCUT2D eigenvalue weighted by molar-refractivity contribution is -0.0482. The van der Waals surface area contributed by atoms with Crippen molar-refractivity contribution in [2.24, 2.45) is 0 Å². The molecule has 0 saturated carbocycles. The van der Waals surface area contributed by atoms with Crippen LogP contribution in [0.3, 0.4) is 0 Å². The van der Waals surface area contributed by atoms with Crippen LogP contribution >= 0.6 is 0 Å². The first kappa shape index (κ1) is 20.7. The van der Waals surface area contributed by atoms with Crippen molar-refractivity contribution in [3.05, 3.63) is 84.1 Å². The maximum absolute atomic E-state index is 8.96. The molecule has 0 radical (unpaired) electrons. The Kier molecular flexibility index (Phi) is 7.58. The highest BCUT2D eigenvalue weighted by Gasteiger charge is 2.22. The second-order valence-electron chi connectivity index (χ2n) is 6.86. The Labute approximate surface area is 161 Å². The lowest BCUT2D eigenvalue weighted by atomic mass is 10.1. The summed E-state index contributed by atoms with van der Waals surface area (Å²) in [6, 6.07) is 20.2. The number of nitrogens with one attached hydrogen (secondary N) is 2. The molecule has 0 aliphatic carbocycles. The van der Waals surface area contributed by atoms with Gasteiger partial charge in [-0.25, -0.2) is 0 Å². The summed E-state index contributed by atoms with van der Waals surface area (Å²) >= 11 is 0. The van der Waals surface area contributed by atoms with Crippen molar-refractivity contribution in [2.75, 3.05) is 13.2 Å². The molecule has 2 aromatic rings. The SMILES string of the molecule is C=C(NC(C)(C)OCCO)C(=N)N(Cc1ccccc1)Cc1ccccc1. The molecule has 5 heteroatoms. The van der Waals surface area contributed by atoms with E-state index in [9.17, 15) is 0 Å². The van der Waals surface area contributed by atoms with Crippen molar-refractivity contribution in [3.63, 3.8) is 0 Å². The third kappa shape index (κ3) is 6.89. The third-order valence-corrected chi connectivity index (χ3v) is 4.04. The van der Waals surface area contributed by atoms with E-state index in [1.54, 1.807) is 0 Å². The predicted octanol–water partition coefficient (Wildman–Crippen LogP) is 3.51. The fourth-order valence-electron chi connectivity index (χ4n) is 2.77. The first-order valence-electron chi connectivity index (χ1n) is 9.05. The van der Waals surface area contributed by atoms with Gasteiger partial charge in [0.25, 0.3) is 0 Å². The van der Waals surface area contributed by atoms with Crippen LogP contribution in [0.25, 0.3) is 0 Å². The van der Waals surface area contributed by atoms with Gasteiger partial charge in [-0.15, -0.1) is 0 Å². The molecule has 0 amide bonds. The molecule has 2 aromatic carbocycles. The quantitative estimate of drug-likeness (QED) is 0.341. The van der Waals surface area contributed by atoms with Crippen LogP contribution < -0.4 is 5.32 Å². The smallest absolute Gasteiger partial charge is 0.144 e. The number of amidine groups is 1.